The highest BCUT2D eigenvalue weighted by atomic mass is 16.6. The Morgan fingerprint density at radius 1 is 1.14 bits per heavy atom. The molecular formula is C17H20N2O2. The summed E-state index contributed by atoms with van der Waals surface area (Å²) in [5.41, 5.74) is 4.32. The normalized spacial score (nSPS) is 12.1. The highest BCUT2D eigenvalue weighted by molar-refractivity contribution is 5.44. The van der Waals surface area contributed by atoms with Gasteiger partial charge >= 0.3 is 0 Å². The monoisotopic (exact) mass is 284 g/mol. The highest BCUT2D eigenvalue weighted by Crippen LogP contribution is 2.22. The van der Waals surface area contributed by atoms with E-state index in [9.17, 15) is 10.1 Å². The van der Waals surface area contributed by atoms with Crippen LogP contribution in [0.15, 0.2) is 42.5 Å². The summed E-state index contributed by atoms with van der Waals surface area (Å²) in [5, 5.41) is 14.4. The lowest BCUT2D eigenvalue weighted by molar-refractivity contribution is -0.385. The van der Waals surface area contributed by atoms with Gasteiger partial charge in [-0.3, -0.25) is 10.1 Å². The maximum Gasteiger partial charge on any atom is 0.272 e. The lowest BCUT2D eigenvalue weighted by atomic mass is 10.0. The van der Waals surface area contributed by atoms with Crippen LogP contribution in [-0.4, -0.2) is 4.92 Å². The van der Waals surface area contributed by atoms with Gasteiger partial charge in [-0.2, -0.15) is 0 Å². The van der Waals surface area contributed by atoms with E-state index in [1.54, 1.807) is 19.1 Å². The van der Waals surface area contributed by atoms with E-state index in [0.717, 1.165) is 11.1 Å². The number of nitrogens with one attached hydrogen (secondary N) is 1. The lowest BCUT2D eigenvalue weighted by Crippen LogP contribution is -2.18. The zero-order chi connectivity index (χ0) is 15.4. The van der Waals surface area contributed by atoms with Crippen LogP contribution in [0.25, 0.3) is 0 Å². The third-order valence-corrected chi connectivity index (χ3v) is 3.79. The molecule has 4 nitrogen and oxygen atoms in total. The maximum atomic E-state index is 11.0. The number of nitro benzene ring substituents is 1. The third kappa shape index (κ3) is 3.67. The zero-order valence-corrected chi connectivity index (χ0v) is 12.6. The second kappa shape index (κ2) is 6.50. The number of nitrogens with zero attached hydrogens (tertiary/aromatic N) is 1. The van der Waals surface area contributed by atoms with Crippen LogP contribution in [0.4, 0.5) is 5.69 Å². The molecule has 0 unspecified atom stereocenters. The molecule has 0 heterocycles. The molecule has 2 aromatic rings. The van der Waals surface area contributed by atoms with Gasteiger partial charge in [-0.05, 0) is 31.9 Å². The van der Waals surface area contributed by atoms with Gasteiger partial charge in [-0.25, -0.2) is 0 Å². The summed E-state index contributed by atoms with van der Waals surface area (Å²) >= 11 is 0. The number of nitro groups is 1. The number of hydrogen-bond acceptors (Lipinski definition) is 3. The molecule has 110 valence electrons. The number of benzene rings is 2. The van der Waals surface area contributed by atoms with Gasteiger partial charge in [-0.1, -0.05) is 42.0 Å². The van der Waals surface area contributed by atoms with E-state index < -0.39 is 0 Å². The van der Waals surface area contributed by atoms with Gasteiger partial charge in [-0.15, -0.1) is 0 Å². The topological polar surface area (TPSA) is 55.2 Å². The minimum absolute atomic E-state index is 0.178. The lowest BCUT2D eigenvalue weighted by Gasteiger charge is -2.15. The van der Waals surface area contributed by atoms with Crippen molar-refractivity contribution < 1.29 is 4.92 Å². The van der Waals surface area contributed by atoms with Crippen molar-refractivity contribution in [3.8, 4) is 0 Å². The Morgan fingerprint density at radius 2 is 1.81 bits per heavy atom. The van der Waals surface area contributed by atoms with Crippen LogP contribution in [-0.2, 0) is 6.54 Å². The molecule has 0 aliphatic rings. The van der Waals surface area contributed by atoms with E-state index >= 15 is 0 Å². The summed E-state index contributed by atoms with van der Waals surface area (Å²) < 4.78 is 0. The fourth-order valence-corrected chi connectivity index (χ4v) is 2.30. The first kappa shape index (κ1) is 15.2. The average molecular weight is 284 g/mol. The fraction of sp³-hybridized carbons (Fsp3) is 0.294. The van der Waals surface area contributed by atoms with E-state index in [-0.39, 0.29) is 16.7 Å². The molecule has 0 aliphatic heterocycles. The fourth-order valence-electron chi connectivity index (χ4n) is 2.30. The Hall–Kier alpha value is -2.20. The van der Waals surface area contributed by atoms with E-state index in [0.29, 0.717) is 6.54 Å². The van der Waals surface area contributed by atoms with Crippen LogP contribution in [0.3, 0.4) is 0 Å². The van der Waals surface area contributed by atoms with Crippen LogP contribution in [0.2, 0.25) is 0 Å². The molecule has 0 amide bonds. The standard InChI is InChI=1S/C17H20N2O2/c1-12-7-9-15(10-8-12)14(3)18-11-16-5-4-6-17(13(16)2)19(20)21/h4-10,14,18H,11H2,1-3H3/t14-/m0/s1. The Balaban J connectivity index is 2.08. The van der Waals surface area contributed by atoms with Crippen molar-refractivity contribution in [3.05, 3.63) is 74.8 Å². The predicted molar refractivity (Wildman–Crippen MR) is 84.3 cm³/mol. The van der Waals surface area contributed by atoms with Crippen molar-refractivity contribution in [2.45, 2.75) is 33.4 Å². The molecule has 4 heteroatoms. The summed E-state index contributed by atoms with van der Waals surface area (Å²) in [6.45, 7) is 6.57. The first-order valence-electron chi connectivity index (χ1n) is 7.02. The maximum absolute atomic E-state index is 11.0. The van der Waals surface area contributed by atoms with E-state index in [2.05, 4.69) is 43.4 Å². The Bertz CT molecular complexity index is 636. The van der Waals surface area contributed by atoms with Gasteiger partial charge in [0.2, 0.25) is 0 Å². The molecule has 0 aromatic heterocycles. The molecule has 0 saturated carbocycles. The zero-order valence-electron chi connectivity index (χ0n) is 12.6. The highest BCUT2D eigenvalue weighted by Gasteiger charge is 2.13. The number of rotatable bonds is 5. The SMILES string of the molecule is Cc1ccc([C@H](C)NCc2cccc([N+](=O)[O-])c2C)cc1. The molecule has 0 spiro atoms. The Labute approximate surface area is 125 Å². The van der Waals surface area contributed by atoms with Crippen LogP contribution in [0.1, 0.15) is 35.2 Å². The number of hydrogen-bond donors (Lipinski definition) is 1. The summed E-state index contributed by atoms with van der Waals surface area (Å²) in [6.07, 6.45) is 0. The summed E-state index contributed by atoms with van der Waals surface area (Å²) in [7, 11) is 0. The van der Waals surface area contributed by atoms with Gasteiger partial charge in [0.25, 0.3) is 5.69 Å². The van der Waals surface area contributed by atoms with Crippen LogP contribution < -0.4 is 5.32 Å². The van der Waals surface area contributed by atoms with Gasteiger partial charge < -0.3 is 5.32 Å². The number of aryl methyl sites for hydroxylation is 1. The summed E-state index contributed by atoms with van der Waals surface area (Å²) in [4.78, 5) is 10.6. The van der Waals surface area contributed by atoms with Crippen molar-refractivity contribution in [2.24, 2.45) is 0 Å². The van der Waals surface area contributed by atoms with Gasteiger partial charge in [0.1, 0.15) is 0 Å². The first-order chi connectivity index (χ1) is 9.99. The van der Waals surface area contributed by atoms with Crippen LogP contribution >= 0.6 is 0 Å². The Kier molecular flexibility index (Phi) is 4.70. The summed E-state index contributed by atoms with van der Waals surface area (Å²) in [5.74, 6) is 0. The van der Waals surface area contributed by atoms with Crippen molar-refractivity contribution in [1.82, 2.24) is 5.32 Å². The third-order valence-electron chi connectivity index (χ3n) is 3.79. The largest absolute Gasteiger partial charge is 0.306 e. The molecule has 0 aliphatic carbocycles. The second-order valence-corrected chi connectivity index (χ2v) is 5.33. The van der Waals surface area contributed by atoms with E-state index in [1.165, 1.54) is 11.1 Å². The summed E-state index contributed by atoms with van der Waals surface area (Å²) in [6, 6.07) is 13.8. The van der Waals surface area contributed by atoms with Gasteiger partial charge in [0, 0.05) is 24.2 Å². The van der Waals surface area contributed by atoms with Gasteiger partial charge in [0.05, 0.1) is 4.92 Å². The predicted octanol–water partition coefficient (Wildman–Crippen LogP) is 4.06. The average Bonchev–Trinajstić information content (AvgIpc) is 2.46. The van der Waals surface area contributed by atoms with Crippen molar-refractivity contribution >= 4 is 5.69 Å². The molecule has 0 bridgehead atoms. The van der Waals surface area contributed by atoms with Crippen molar-refractivity contribution in [3.63, 3.8) is 0 Å². The smallest absolute Gasteiger partial charge is 0.272 e. The quantitative estimate of drug-likeness (QED) is 0.665. The molecule has 1 N–H and O–H groups in total. The van der Waals surface area contributed by atoms with Crippen molar-refractivity contribution in [1.29, 1.82) is 0 Å². The first-order valence-corrected chi connectivity index (χ1v) is 7.02. The molecule has 21 heavy (non-hydrogen) atoms. The molecular weight excluding hydrogens is 264 g/mol. The van der Waals surface area contributed by atoms with Gasteiger partial charge in [0.15, 0.2) is 0 Å². The molecule has 0 saturated heterocycles. The molecule has 0 fully saturated rings. The molecule has 1 atom stereocenters. The molecule has 2 rings (SSSR count). The minimum Gasteiger partial charge on any atom is -0.306 e. The van der Waals surface area contributed by atoms with Crippen LogP contribution in [0, 0.1) is 24.0 Å². The second-order valence-electron chi connectivity index (χ2n) is 5.33. The molecule has 0 radical (unpaired) electrons. The minimum atomic E-state index is -0.331. The van der Waals surface area contributed by atoms with Crippen molar-refractivity contribution in [2.75, 3.05) is 0 Å². The van der Waals surface area contributed by atoms with E-state index in [1.807, 2.05) is 6.07 Å². The Morgan fingerprint density at radius 3 is 2.43 bits per heavy atom. The van der Waals surface area contributed by atoms with E-state index in [4.69, 9.17) is 0 Å². The van der Waals surface area contributed by atoms with Crippen LogP contribution in [0.5, 0.6) is 0 Å². The molecule has 2 aromatic carbocycles.